The molecule has 1 aromatic rings. The van der Waals surface area contributed by atoms with Crippen LogP contribution in [-0.4, -0.2) is 52.5 Å². The first-order valence-electron chi connectivity index (χ1n) is 9.13. The fourth-order valence-corrected chi connectivity index (χ4v) is 4.20. The maximum atomic E-state index is 13.0. The number of hydrogen-bond donors (Lipinski definition) is 0. The van der Waals surface area contributed by atoms with Gasteiger partial charge in [0.05, 0.1) is 18.9 Å². The van der Waals surface area contributed by atoms with Crippen molar-refractivity contribution in [3.63, 3.8) is 0 Å². The molecule has 2 aliphatic heterocycles. The van der Waals surface area contributed by atoms with Crippen molar-refractivity contribution in [3.05, 3.63) is 29.0 Å². The first kappa shape index (κ1) is 20.3. The van der Waals surface area contributed by atoms with Crippen molar-refractivity contribution in [2.45, 2.75) is 51.3 Å². The molecule has 152 valence electrons. The van der Waals surface area contributed by atoms with Crippen LogP contribution in [0, 0.1) is 16.5 Å². The number of hydrogen-bond acceptors (Lipinski definition) is 7. The maximum Gasteiger partial charge on any atom is 0.410 e. The van der Waals surface area contributed by atoms with Gasteiger partial charge in [0.2, 0.25) is 0 Å². The van der Waals surface area contributed by atoms with Crippen LogP contribution in [0.1, 0.15) is 33.6 Å². The summed E-state index contributed by atoms with van der Waals surface area (Å²) in [5.41, 5.74) is -0.688. The fourth-order valence-electron chi connectivity index (χ4n) is 4.02. The Morgan fingerprint density at radius 1 is 1.07 bits per heavy atom. The van der Waals surface area contributed by atoms with E-state index in [2.05, 4.69) is 0 Å². The van der Waals surface area contributed by atoms with Crippen molar-refractivity contribution in [2.75, 3.05) is 7.11 Å². The van der Waals surface area contributed by atoms with Crippen LogP contribution in [0.4, 0.5) is 4.79 Å². The lowest BCUT2D eigenvalue weighted by molar-refractivity contribution is -0.160. The summed E-state index contributed by atoms with van der Waals surface area (Å²) < 4.78 is 11.9. The molecule has 0 saturated carbocycles. The first-order chi connectivity index (χ1) is 13.1. The number of pyridine rings is 1. The number of esters is 1. The zero-order chi connectivity index (χ0) is 20.6. The van der Waals surface area contributed by atoms with Crippen LogP contribution < -0.4 is 4.84 Å². The molecule has 8 nitrogen and oxygen atoms in total. The van der Waals surface area contributed by atoms with Gasteiger partial charge in [-0.25, -0.2) is 9.59 Å². The summed E-state index contributed by atoms with van der Waals surface area (Å²) in [6, 6.07) is 4.07. The maximum absolute atomic E-state index is 13.0. The summed E-state index contributed by atoms with van der Waals surface area (Å²) in [6.07, 6.45) is 2.16. The molecule has 0 aliphatic carbocycles. The van der Waals surface area contributed by atoms with Crippen LogP contribution >= 0.6 is 12.2 Å². The molecule has 2 aliphatic rings. The van der Waals surface area contributed by atoms with Crippen LogP contribution in [0.3, 0.4) is 0 Å². The Kier molecular flexibility index (Phi) is 5.47. The lowest BCUT2D eigenvalue weighted by Gasteiger charge is -2.27. The van der Waals surface area contributed by atoms with Crippen LogP contribution in [0.15, 0.2) is 24.4 Å². The molecule has 9 heteroatoms. The second-order valence-corrected chi connectivity index (χ2v) is 8.37. The summed E-state index contributed by atoms with van der Waals surface area (Å²) in [5, 5.41) is 0. The molecule has 1 aromatic heterocycles. The summed E-state index contributed by atoms with van der Waals surface area (Å²) in [4.78, 5) is 45.1. The molecule has 0 radical (unpaired) electrons. The molecule has 0 unspecified atom stereocenters. The Bertz CT molecular complexity index is 845. The Labute approximate surface area is 168 Å². The molecular weight excluding hydrogens is 384 g/mol. The normalized spacial score (nSPS) is 26.1. The molecule has 3 heterocycles. The van der Waals surface area contributed by atoms with Crippen molar-refractivity contribution >= 4 is 30.2 Å². The number of methoxy groups -OCH3 is 1. The highest BCUT2D eigenvalue weighted by molar-refractivity contribution is 7.71. The highest BCUT2D eigenvalue weighted by Gasteiger charge is 2.62. The van der Waals surface area contributed by atoms with E-state index in [0.29, 0.717) is 17.5 Å². The van der Waals surface area contributed by atoms with E-state index < -0.39 is 47.6 Å². The molecule has 28 heavy (non-hydrogen) atoms. The zero-order valence-corrected chi connectivity index (χ0v) is 17.1. The van der Waals surface area contributed by atoms with Gasteiger partial charge in [0.1, 0.15) is 10.2 Å². The number of fused-ring (bicyclic) bond motifs is 2. The van der Waals surface area contributed by atoms with Gasteiger partial charge >= 0.3 is 18.0 Å². The molecule has 2 saturated heterocycles. The lowest BCUT2D eigenvalue weighted by Crippen LogP contribution is -2.43. The Morgan fingerprint density at radius 2 is 1.68 bits per heavy atom. The average molecular weight is 408 g/mol. The molecular formula is C19H24N2O6S. The predicted molar refractivity (Wildman–Crippen MR) is 101 cm³/mol. The first-order valence-corrected chi connectivity index (χ1v) is 9.54. The van der Waals surface area contributed by atoms with E-state index in [0.717, 1.165) is 0 Å². The smallest absolute Gasteiger partial charge is 0.410 e. The molecule has 1 amide bonds. The van der Waals surface area contributed by atoms with Gasteiger partial charge in [0.15, 0.2) is 0 Å². The van der Waals surface area contributed by atoms with Crippen LogP contribution in [0.25, 0.3) is 0 Å². The van der Waals surface area contributed by atoms with Crippen molar-refractivity contribution in [2.24, 2.45) is 11.8 Å². The van der Waals surface area contributed by atoms with E-state index >= 15 is 0 Å². The average Bonchev–Trinajstić information content (AvgIpc) is 3.17. The number of carbonyl (C=O) groups is 3. The largest absolute Gasteiger partial charge is 0.469 e. The van der Waals surface area contributed by atoms with E-state index in [1.807, 2.05) is 0 Å². The number of amides is 1. The third-order valence-corrected chi connectivity index (χ3v) is 5.33. The Morgan fingerprint density at radius 3 is 2.21 bits per heavy atom. The second-order valence-electron chi connectivity index (χ2n) is 7.95. The highest BCUT2D eigenvalue weighted by Crippen LogP contribution is 2.47. The standard InChI is InChI=1S/C19H24N2O6S/c1-19(2,3)26-18(24)21-11-8-9-12(21)15(14(11)16(22)25-4)17(23)27-20-10-6-5-7-13(20)28/h5-7,10-12,14-15H,8-9H2,1-4H3/t11-,12+,14-,15-/m1/s1. The summed E-state index contributed by atoms with van der Waals surface area (Å²) >= 11 is 5.15. The topological polar surface area (TPSA) is 87.1 Å². The van der Waals surface area contributed by atoms with Crippen LogP contribution in [0.2, 0.25) is 0 Å². The zero-order valence-electron chi connectivity index (χ0n) is 16.3. The summed E-state index contributed by atoms with van der Waals surface area (Å²) in [7, 11) is 1.27. The van der Waals surface area contributed by atoms with E-state index in [1.165, 1.54) is 22.9 Å². The van der Waals surface area contributed by atoms with E-state index in [1.54, 1.807) is 39.0 Å². The molecule has 2 bridgehead atoms. The second kappa shape index (κ2) is 7.54. The van der Waals surface area contributed by atoms with Gasteiger partial charge < -0.3 is 19.2 Å². The molecule has 4 atom stereocenters. The summed E-state index contributed by atoms with van der Waals surface area (Å²) in [5.74, 6) is -2.82. The van der Waals surface area contributed by atoms with E-state index in [-0.39, 0.29) is 0 Å². The number of rotatable bonds is 3. The molecule has 0 spiro atoms. The lowest BCUT2D eigenvalue weighted by atomic mass is 9.79. The number of ether oxygens (including phenoxy) is 2. The van der Waals surface area contributed by atoms with Crippen molar-refractivity contribution in [1.82, 2.24) is 9.63 Å². The van der Waals surface area contributed by atoms with Gasteiger partial charge in [-0.15, -0.1) is 0 Å². The SMILES string of the molecule is COC(=O)[C@H]1[C@H](C(=O)On2ccccc2=S)[C@@H]2CC[C@H]1N2C(=O)OC(C)(C)C. The number of nitrogens with zero attached hydrogens (tertiary/aromatic N) is 2. The van der Waals surface area contributed by atoms with Gasteiger partial charge in [0, 0.05) is 18.3 Å². The monoisotopic (exact) mass is 408 g/mol. The van der Waals surface area contributed by atoms with Gasteiger partial charge in [-0.05, 0) is 45.7 Å². The Balaban J connectivity index is 1.89. The molecule has 0 aromatic carbocycles. The van der Waals surface area contributed by atoms with Gasteiger partial charge in [0.25, 0.3) is 0 Å². The minimum Gasteiger partial charge on any atom is -0.469 e. The van der Waals surface area contributed by atoms with Crippen LogP contribution in [0.5, 0.6) is 0 Å². The van der Waals surface area contributed by atoms with Crippen molar-refractivity contribution in [3.8, 4) is 0 Å². The molecule has 3 rings (SSSR count). The third-order valence-electron chi connectivity index (χ3n) is 5.02. The predicted octanol–water partition coefficient (Wildman–Crippen LogP) is 2.36. The summed E-state index contributed by atoms with van der Waals surface area (Å²) in [6.45, 7) is 5.30. The van der Waals surface area contributed by atoms with Gasteiger partial charge in [-0.1, -0.05) is 18.3 Å². The molecule has 0 N–H and O–H groups in total. The number of aromatic nitrogens is 1. The highest BCUT2D eigenvalue weighted by atomic mass is 32.1. The Hall–Kier alpha value is -2.42. The van der Waals surface area contributed by atoms with Crippen LogP contribution in [-0.2, 0) is 19.1 Å². The quantitative estimate of drug-likeness (QED) is 0.560. The van der Waals surface area contributed by atoms with Gasteiger partial charge in [-0.3, -0.25) is 4.79 Å². The molecule has 2 fully saturated rings. The van der Waals surface area contributed by atoms with Gasteiger partial charge in [-0.2, -0.15) is 4.73 Å². The van der Waals surface area contributed by atoms with Crippen molar-refractivity contribution in [1.29, 1.82) is 0 Å². The van der Waals surface area contributed by atoms with E-state index in [4.69, 9.17) is 26.5 Å². The third kappa shape index (κ3) is 3.76. The fraction of sp³-hybridized carbons (Fsp3) is 0.579. The van der Waals surface area contributed by atoms with Crippen molar-refractivity contribution < 1.29 is 28.7 Å². The van der Waals surface area contributed by atoms with E-state index in [9.17, 15) is 14.4 Å². The number of carbonyl (C=O) groups excluding carboxylic acids is 3. The minimum absolute atomic E-state index is 0.317. The minimum atomic E-state index is -0.846.